The number of nitriles is 1. The van der Waals surface area contributed by atoms with Crippen molar-refractivity contribution in [3.8, 4) is 6.07 Å². The van der Waals surface area contributed by atoms with Crippen LogP contribution in [-0.4, -0.2) is 17.2 Å². The SMILES string of the molecule is N#Cc1ccc(/C=N/NC(=O)C(O)(c2ccccc2)c2ccccc2)cc1. The molecule has 132 valence electrons. The predicted octanol–water partition coefficient (Wildman–Crippen LogP) is 2.94. The van der Waals surface area contributed by atoms with E-state index in [1.165, 1.54) is 6.21 Å². The normalized spacial score (nSPS) is 11.1. The maximum Gasteiger partial charge on any atom is 0.281 e. The molecule has 0 aromatic heterocycles. The van der Waals surface area contributed by atoms with Gasteiger partial charge >= 0.3 is 0 Å². The quantitative estimate of drug-likeness (QED) is 0.545. The monoisotopic (exact) mass is 355 g/mol. The zero-order chi connectivity index (χ0) is 19.1. The number of hydrazone groups is 1. The molecule has 0 radical (unpaired) electrons. The first-order chi connectivity index (χ1) is 13.1. The standard InChI is InChI=1S/C22H17N3O2/c23-15-17-11-13-18(14-12-17)16-24-25-21(26)22(27,19-7-3-1-4-8-19)20-9-5-2-6-10-20/h1-14,16,27H,(H,25,26)/b24-16+. The summed E-state index contributed by atoms with van der Waals surface area (Å²) in [6.45, 7) is 0. The van der Waals surface area contributed by atoms with E-state index >= 15 is 0 Å². The molecule has 3 aromatic rings. The zero-order valence-corrected chi connectivity index (χ0v) is 14.4. The van der Waals surface area contributed by atoms with Gasteiger partial charge < -0.3 is 5.11 Å². The number of hydrogen-bond acceptors (Lipinski definition) is 4. The lowest BCUT2D eigenvalue weighted by Crippen LogP contribution is -2.43. The van der Waals surface area contributed by atoms with Crippen LogP contribution in [0.25, 0.3) is 0 Å². The highest BCUT2D eigenvalue weighted by molar-refractivity contribution is 5.91. The molecular formula is C22H17N3O2. The number of hydrogen-bond donors (Lipinski definition) is 2. The van der Waals surface area contributed by atoms with Crippen molar-refractivity contribution >= 4 is 12.1 Å². The highest BCUT2D eigenvalue weighted by atomic mass is 16.3. The van der Waals surface area contributed by atoms with Crippen molar-refractivity contribution < 1.29 is 9.90 Å². The Bertz CT molecular complexity index is 936. The summed E-state index contributed by atoms with van der Waals surface area (Å²) in [5.41, 5.74) is 2.70. The van der Waals surface area contributed by atoms with Crippen LogP contribution < -0.4 is 5.43 Å². The minimum Gasteiger partial charge on any atom is -0.372 e. The summed E-state index contributed by atoms with van der Waals surface area (Å²) in [5.74, 6) is -0.662. The van der Waals surface area contributed by atoms with E-state index < -0.39 is 11.5 Å². The molecule has 0 saturated carbocycles. The van der Waals surface area contributed by atoms with Crippen LogP contribution in [0.3, 0.4) is 0 Å². The van der Waals surface area contributed by atoms with Crippen LogP contribution >= 0.6 is 0 Å². The first kappa shape index (κ1) is 18.1. The van der Waals surface area contributed by atoms with Crippen LogP contribution in [0.1, 0.15) is 22.3 Å². The molecule has 1 amide bonds. The molecular weight excluding hydrogens is 338 g/mol. The van der Waals surface area contributed by atoms with Crippen molar-refractivity contribution in [1.82, 2.24) is 5.43 Å². The lowest BCUT2D eigenvalue weighted by Gasteiger charge is -2.27. The third-order valence-electron chi connectivity index (χ3n) is 4.13. The van der Waals surface area contributed by atoms with E-state index in [1.54, 1.807) is 72.8 Å². The van der Waals surface area contributed by atoms with E-state index in [1.807, 2.05) is 18.2 Å². The van der Waals surface area contributed by atoms with Gasteiger partial charge in [0.25, 0.3) is 5.91 Å². The fourth-order valence-electron chi connectivity index (χ4n) is 2.68. The zero-order valence-electron chi connectivity index (χ0n) is 14.4. The summed E-state index contributed by atoms with van der Waals surface area (Å²) in [5, 5.41) is 24.0. The molecule has 5 heteroatoms. The Morgan fingerprint density at radius 3 is 1.93 bits per heavy atom. The average molecular weight is 355 g/mol. The van der Waals surface area contributed by atoms with Crippen LogP contribution in [0.2, 0.25) is 0 Å². The molecule has 0 heterocycles. The predicted molar refractivity (Wildman–Crippen MR) is 103 cm³/mol. The van der Waals surface area contributed by atoms with E-state index in [0.29, 0.717) is 16.7 Å². The minimum atomic E-state index is -1.87. The van der Waals surface area contributed by atoms with Gasteiger partial charge in [-0.15, -0.1) is 0 Å². The van der Waals surface area contributed by atoms with Gasteiger partial charge in [-0.1, -0.05) is 72.8 Å². The van der Waals surface area contributed by atoms with Gasteiger partial charge in [0, 0.05) is 0 Å². The molecule has 0 unspecified atom stereocenters. The second-order valence-corrected chi connectivity index (χ2v) is 5.88. The van der Waals surface area contributed by atoms with E-state index in [9.17, 15) is 9.90 Å². The molecule has 5 nitrogen and oxygen atoms in total. The van der Waals surface area contributed by atoms with Crippen LogP contribution in [0.15, 0.2) is 90.0 Å². The first-order valence-electron chi connectivity index (χ1n) is 8.31. The molecule has 3 aromatic carbocycles. The van der Waals surface area contributed by atoms with Crippen molar-refractivity contribution in [3.05, 3.63) is 107 Å². The Hall–Kier alpha value is -3.75. The van der Waals surface area contributed by atoms with Crippen LogP contribution in [0, 0.1) is 11.3 Å². The largest absolute Gasteiger partial charge is 0.372 e. The second kappa shape index (κ2) is 8.09. The molecule has 2 N–H and O–H groups in total. The minimum absolute atomic E-state index is 0.447. The summed E-state index contributed by atoms with van der Waals surface area (Å²) in [6.07, 6.45) is 1.45. The highest BCUT2D eigenvalue weighted by Gasteiger charge is 2.39. The Kier molecular flexibility index (Phi) is 5.41. The average Bonchev–Trinajstić information content (AvgIpc) is 2.74. The maximum atomic E-state index is 12.8. The van der Waals surface area contributed by atoms with E-state index in [2.05, 4.69) is 10.5 Å². The summed E-state index contributed by atoms with van der Waals surface area (Å²) in [6, 6.07) is 26.2. The number of benzene rings is 3. The molecule has 27 heavy (non-hydrogen) atoms. The van der Waals surface area contributed by atoms with Gasteiger partial charge in [-0.05, 0) is 28.8 Å². The van der Waals surface area contributed by atoms with Gasteiger partial charge in [-0.25, -0.2) is 5.43 Å². The fourth-order valence-corrected chi connectivity index (χ4v) is 2.68. The van der Waals surface area contributed by atoms with E-state index in [-0.39, 0.29) is 0 Å². The van der Waals surface area contributed by atoms with Crippen LogP contribution in [0.5, 0.6) is 0 Å². The number of aliphatic hydroxyl groups is 1. The Balaban J connectivity index is 1.85. The van der Waals surface area contributed by atoms with Crippen molar-refractivity contribution in [2.45, 2.75) is 5.60 Å². The van der Waals surface area contributed by atoms with Gasteiger partial charge in [0.1, 0.15) is 0 Å². The van der Waals surface area contributed by atoms with Crippen LogP contribution in [-0.2, 0) is 10.4 Å². The number of nitrogens with zero attached hydrogens (tertiary/aromatic N) is 2. The molecule has 0 aliphatic carbocycles. The van der Waals surface area contributed by atoms with E-state index in [4.69, 9.17) is 5.26 Å². The smallest absolute Gasteiger partial charge is 0.281 e. The third-order valence-corrected chi connectivity index (χ3v) is 4.13. The summed E-state index contributed by atoms with van der Waals surface area (Å²) >= 11 is 0. The molecule has 0 aliphatic rings. The molecule has 0 aliphatic heterocycles. The summed E-state index contributed by atoms with van der Waals surface area (Å²) in [7, 11) is 0. The van der Waals surface area contributed by atoms with Crippen molar-refractivity contribution in [1.29, 1.82) is 5.26 Å². The summed E-state index contributed by atoms with van der Waals surface area (Å²) < 4.78 is 0. The first-order valence-corrected chi connectivity index (χ1v) is 8.31. The lowest BCUT2D eigenvalue weighted by molar-refractivity contribution is -0.136. The summed E-state index contributed by atoms with van der Waals surface area (Å²) in [4.78, 5) is 12.8. The number of carbonyl (C=O) groups is 1. The van der Waals surface area contributed by atoms with Crippen molar-refractivity contribution in [2.24, 2.45) is 5.10 Å². The molecule has 3 rings (SSSR count). The van der Waals surface area contributed by atoms with Gasteiger partial charge in [0.15, 0.2) is 5.60 Å². The van der Waals surface area contributed by atoms with Gasteiger partial charge in [0.2, 0.25) is 0 Å². The van der Waals surface area contributed by atoms with E-state index in [0.717, 1.165) is 5.56 Å². The molecule has 0 atom stereocenters. The van der Waals surface area contributed by atoms with Gasteiger partial charge in [-0.3, -0.25) is 4.79 Å². The Morgan fingerprint density at radius 2 is 1.44 bits per heavy atom. The van der Waals surface area contributed by atoms with Crippen molar-refractivity contribution in [2.75, 3.05) is 0 Å². The molecule has 0 fully saturated rings. The van der Waals surface area contributed by atoms with Crippen molar-refractivity contribution in [3.63, 3.8) is 0 Å². The lowest BCUT2D eigenvalue weighted by atomic mass is 9.85. The van der Waals surface area contributed by atoms with Gasteiger partial charge in [0.05, 0.1) is 17.8 Å². The number of nitrogens with one attached hydrogen (secondary N) is 1. The molecule has 0 spiro atoms. The molecule has 0 saturated heterocycles. The van der Waals surface area contributed by atoms with Gasteiger partial charge in [-0.2, -0.15) is 10.4 Å². The molecule has 0 bridgehead atoms. The second-order valence-electron chi connectivity index (χ2n) is 5.88. The number of amides is 1. The highest BCUT2D eigenvalue weighted by Crippen LogP contribution is 2.29. The van der Waals surface area contributed by atoms with Crippen LogP contribution in [0.4, 0.5) is 0 Å². The number of rotatable bonds is 5. The Labute approximate surface area is 157 Å². The number of carbonyl (C=O) groups excluding carboxylic acids is 1. The fraction of sp³-hybridized carbons (Fsp3) is 0.0455. The topological polar surface area (TPSA) is 85.5 Å². The maximum absolute atomic E-state index is 12.8. The third kappa shape index (κ3) is 3.92. The Morgan fingerprint density at radius 1 is 0.926 bits per heavy atom.